The van der Waals surface area contributed by atoms with Gasteiger partial charge in [0.1, 0.15) is 11.6 Å². The molecule has 1 aromatic heterocycles. The number of rotatable bonds is 5. The third kappa shape index (κ3) is 3.54. The molecule has 2 aromatic rings. The van der Waals surface area contributed by atoms with E-state index in [0.717, 1.165) is 57.4 Å². The van der Waals surface area contributed by atoms with Crippen molar-refractivity contribution in [3.05, 3.63) is 53.9 Å². The minimum absolute atomic E-state index is 0.396. The number of nitrogens with zero attached hydrogens (tertiary/aromatic N) is 2. The fraction of sp³-hybridized carbons (Fsp3) is 0.412. The summed E-state index contributed by atoms with van der Waals surface area (Å²) in [6.07, 6.45) is 3.69. The first kappa shape index (κ1) is 15.2. The van der Waals surface area contributed by atoms with Crippen LogP contribution in [0.3, 0.4) is 0 Å². The molecule has 0 amide bonds. The van der Waals surface area contributed by atoms with Crippen molar-refractivity contribution in [3.8, 4) is 5.69 Å². The van der Waals surface area contributed by atoms with E-state index in [1.807, 2.05) is 18.3 Å². The Balaban J connectivity index is 1.64. The van der Waals surface area contributed by atoms with Gasteiger partial charge in [0.15, 0.2) is 0 Å². The van der Waals surface area contributed by atoms with Gasteiger partial charge in [0, 0.05) is 31.0 Å². The minimum Gasteiger partial charge on any atom is -0.379 e. The Bertz CT molecular complexity index is 621. The summed E-state index contributed by atoms with van der Waals surface area (Å²) in [5.41, 5.74) is 1.44. The predicted octanol–water partition coefficient (Wildman–Crippen LogP) is 3.02. The van der Waals surface area contributed by atoms with E-state index in [4.69, 9.17) is 4.74 Å². The highest BCUT2D eigenvalue weighted by Crippen LogP contribution is 2.18. The van der Waals surface area contributed by atoms with Gasteiger partial charge in [-0.15, -0.1) is 0 Å². The molecule has 3 nitrogen and oxygen atoms in total. The maximum absolute atomic E-state index is 13.9. The van der Waals surface area contributed by atoms with Gasteiger partial charge in [-0.05, 0) is 43.7 Å². The van der Waals surface area contributed by atoms with Crippen molar-refractivity contribution in [3.63, 3.8) is 0 Å². The average Bonchev–Trinajstić information content (AvgIpc) is 2.97. The average molecular weight is 306 g/mol. The lowest BCUT2D eigenvalue weighted by Crippen LogP contribution is -2.37. The molecule has 0 aliphatic carbocycles. The number of aryl methyl sites for hydroxylation is 1. The van der Waals surface area contributed by atoms with Crippen molar-refractivity contribution in [2.75, 3.05) is 32.8 Å². The molecule has 0 bridgehead atoms. The Morgan fingerprint density at radius 3 is 2.68 bits per heavy atom. The summed E-state index contributed by atoms with van der Waals surface area (Å²) >= 11 is 0. The minimum atomic E-state index is -0.553. The molecule has 0 spiro atoms. The summed E-state index contributed by atoms with van der Waals surface area (Å²) < 4.78 is 34.1. The van der Waals surface area contributed by atoms with Crippen LogP contribution in [-0.4, -0.2) is 42.3 Å². The van der Waals surface area contributed by atoms with E-state index in [1.165, 1.54) is 12.1 Å². The van der Waals surface area contributed by atoms with Gasteiger partial charge in [-0.25, -0.2) is 8.78 Å². The Morgan fingerprint density at radius 2 is 1.91 bits per heavy atom. The van der Waals surface area contributed by atoms with Crippen molar-refractivity contribution in [1.29, 1.82) is 0 Å². The first-order valence-corrected chi connectivity index (χ1v) is 7.66. The smallest absolute Gasteiger partial charge is 0.150 e. The zero-order chi connectivity index (χ0) is 15.4. The van der Waals surface area contributed by atoms with Gasteiger partial charge in [0.05, 0.1) is 18.9 Å². The number of morpholine rings is 1. The Hall–Kier alpha value is -1.72. The molecular formula is C17H20F2N2O. The summed E-state index contributed by atoms with van der Waals surface area (Å²) in [6.45, 7) is 4.58. The summed E-state index contributed by atoms with van der Waals surface area (Å²) in [5, 5.41) is 0. The number of aromatic nitrogens is 1. The van der Waals surface area contributed by atoms with E-state index < -0.39 is 11.6 Å². The van der Waals surface area contributed by atoms with Crippen molar-refractivity contribution in [1.82, 2.24) is 9.47 Å². The predicted molar refractivity (Wildman–Crippen MR) is 81.3 cm³/mol. The number of halogens is 2. The molecule has 0 unspecified atom stereocenters. The zero-order valence-corrected chi connectivity index (χ0v) is 12.5. The standard InChI is InChI=1S/C17H20F2N2O/c18-14-5-6-17(16(19)13-14)21-8-2-4-15(21)3-1-7-20-9-11-22-12-10-20/h2,4-6,8,13H,1,3,7,9-12H2. The van der Waals surface area contributed by atoms with Gasteiger partial charge in [-0.2, -0.15) is 0 Å². The Morgan fingerprint density at radius 1 is 1.09 bits per heavy atom. The lowest BCUT2D eigenvalue weighted by Gasteiger charge is -2.26. The van der Waals surface area contributed by atoms with Gasteiger partial charge in [0.2, 0.25) is 0 Å². The van der Waals surface area contributed by atoms with Crippen LogP contribution in [0.2, 0.25) is 0 Å². The summed E-state index contributed by atoms with van der Waals surface area (Å²) in [7, 11) is 0. The second kappa shape index (κ2) is 7.03. The van der Waals surface area contributed by atoms with E-state index in [-0.39, 0.29) is 0 Å². The number of hydrogen-bond acceptors (Lipinski definition) is 2. The molecule has 0 radical (unpaired) electrons. The SMILES string of the molecule is Fc1ccc(-n2cccc2CCCN2CCOCC2)c(F)c1. The molecule has 1 fully saturated rings. The molecule has 1 aromatic carbocycles. The molecule has 2 heterocycles. The van der Waals surface area contributed by atoms with Crippen LogP contribution in [0, 0.1) is 11.6 Å². The Labute approximate surface area is 129 Å². The van der Waals surface area contributed by atoms with E-state index in [1.54, 1.807) is 4.57 Å². The van der Waals surface area contributed by atoms with Gasteiger partial charge in [0.25, 0.3) is 0 Å². The highest BCUT2D eigenvalue weighted by molar-refractivity contribution is 5.36. The second-order valence-corrected chi connectivity index (χ2v) is 5.52. The van der Waals surface area contributed by atoms with Gasteiger partial charge < -0.3 is 9.30 Å². The lowest BCUT2D eigenvalue weighted by atomic mass is 10.2. The summed E-state index contributed by atoms with van der Waals surface area (Å²) in [4.78, 5) is 2.38. The first-order valence-electron chi connectivity index (χ1n) is 7.66. The zero-order valence-electron chi connectivity index (χ0n) is 12.5. The van der Waals surface area contributed by atoms with Crippen LogP contribution in [0.15, 0.2) is 36.5 Å². The first-order chi connectivity index (χ1) is 10.7. The highest BCUT2D eigenvalue weighted by atomic mass is 19.1. The van der Waals surface area contributed by atoms with Crippen LogP contribution >= 0.6 is 0 Å². The summed E-state index contributed by atoms with van der Waals surface area (Å²) in [5.74, 6) is -1.09. The topological polar surface area (TPSA) is 17.4 Å². The molecule has 0 atom stereocenters. The van der Waals surface area contributed by atoms with Crippen molar-refractivity contribution >= 4 is 0 Å². The molecule has 22 heavy (non-hydrogen) atoms. The third-order valence-electron chi connectivity index (χ3n) is 4.01. The number of hydrogen-bond donors (Lipinski definition) is 0. The van der Waals surface area contributed by atoms with Crippen LogP contribution in [-0.2, 0) is 11.2 Å². The second-order valence-electron chi connectivity index (χ2n) is 5.52. The van der Waals surface area contributed by atoms with E-state index >= 15 is 0 Å². The fourth-order valence-corrected chi connectivity index (χ4v) is 2.84. The molecule has 1 saturated heterocycles. The number of ether oxygens (including phenoxy) is 1. The maximum Gasteiger partial charge on any atom is 0.150 e. The molecule has 1 aliphatic rings. The fourth-order valence-electron chi connectivity index (χ4n) is 2.84. The van der Waals surface area contributed by atoms with Crippen LogP contribution in [0.5, 0.6) is 0 Å². The normalized spacial score (nSPS) is 16.1. The van der Waals surface area contributed by atoms with Crippen LogP contribution in [0.1, 0.15) is 12.1 Å². The molecule has 118 valence electrons. The molecule has 1 aliphatic heterocycles. The third-order valence-corrected chi connectivity index (χ3v) is 4.01. The van der Waals surface area contributed by atoms with Crippen LogP contribution < -0.4 is 0 Å². The van der Waals surface area contributed by atoms with Gasteiger partial charge in [-0.3, -0.25) is 4.90 Å². The molecule has 0 saturated carbocycles. The molecule has 3 rings (SSSR count). The largest absolute Gasteiger partial charge is 0.379 e. The molecule has 5 heteroatoms. The highest BCUT2D eigenvalue weighted by Gasteiger charge is 2.12. The summed E-state index contributed by atoms with van der Waals surface area (Å²) in [6, 6.07) is 7.58. The number of benzene rings is 1. The monoisotopic (exact) mass is 306 g/mol. The van der Waals surface area contributed by atoms with Gasteiger partial charge >= 0.3 is 0 Å². The quantitative estimate of drug-likeness (QED) is 0.845. The molecular weight excluding hydrogens is 286 g/mol. The van der Waals surface area contributed by atoms with Crippen LogP contribution in [0.4, 0.5) is 8.78 Å². The van der Waals surface area contributed by atoms with E-state index in [0.29, 0.717) is 5.69 Å². The van der Waals surface area contributed by atoms with E-state index in [9.17, 15) is 8.78 Å². The lowest BCUT2D eigenvalue weighted by molar-refractivity contribution is 0.0374. The van der Waals surface area contributed by atoms with Crippen molar-refractivity contribution in [2.24, 2.45) is 0 Å². The van der Waals surface area contributed by atoms with Crippen molar-refractivity contribution in [2.45, 2.75) is 12.8 Å². The van der Waals surface area contributed by atoms with Crippen molar-refractivity contribution < 1.29 is 13.5 Å². The Kier molecular flexibility index (Phi) is 4.85. The van der Waals surface area contributed by atoms with E-state index in [2.05, 4.69) is 4.90 Å². The van der Waals surface area contributed by atoms with Gasteiger partial charge in [-0.1, -0.05) is 0 Å². The van der Waals surface area contributed by atoms with Crippen LogP contribution in [0.25, 0.3) is 5.69 Å². The molecule has 0 N–H and O–H groups in total. The maximum atomic E-state index is 13.9.